The highest BCUT2D eigenvalue weighted by atomic mass is 16.1. The largest absolute Gasteiger partial charge is 0.399 e. The van der Waals surface area contributed by atoms with E-state index in [0.717, 1.165) is 5.56 Å². The van der Waals surface area contributed by atoms with Crippen LogP contribution in [0.1, 0.15) is 10.4 Å². The quantitative estimate of drug-likeness (QED) is 0.637. The third kappa shape index (κ3) is 3.46. The lowest BCUT2D eigenvalue weighted by Gasteiger charge is -2.09. The lowest BCUT2D eigenvalue weighted by atomic mass is 10.2. The molecule has 1 aromatic carbocycles. The van der Waals surface area contributed by atoms with Crippen LogP contribution in [0.2, 0.25) is 0 Å². The second-order valence-corrected chi connectivity index (χ2v) is 5.02. The zero-order valence-electron chi connectivity index (χ0n) is 13.0. The molecule has 0 fully saturated rings. The van der Waals surface area contributed by atoms with E-state index < -0.39 is 0 Å². The van der Waals surface area contributed by atoms with Gasteiger partial charge in [-0.15, -0.1) is 0 Å². The van der Waals surface area contributed by atoms with Crippen LogP contribution >= 0.6 is 0 Å². The molecule has 0 bridgehead atoms. The molecule has 0 radical (unpaired) electrons. The average Bonchev–Trinajstić information content (AvgIpc) is 2.62. The first-order valence-corrected chi connectivity index (χ1v) is 7.30. The fraction of sp³-hybridized carbons (Fsp3) is 0.0588. The predicted octanol–water partition coefficient (Wildman–Crippen LogP) is 2.41. The lowest BCUT2D eigenvalue weighted by molar-refractivity contribution is 0.102. The number of hydrogen-bond acceptors (Lipinski definition) is 6. The van der Waals surface area contributed by atoms with Crippen molar-refractivity contribution in [2.24, 2.45) is 0 Å². The summed E-state index contributed by atoms with van der Waals surface area (Å²) in [6.07, 6.45) is 3.37. The van der Waals surface area contributed by atoms with Gasteiger partial charge in [-0.2, -0.15) is 4.98 Å². The molecule has 120 valence electrons. The molecule has 2 aromatic heterocycles. The van der Waals surface area contributed by atoms with Gasteiger partial charge in [0, 0.05) is 42.3 Å². The summed E-state index contributed by atoms with van der Waals surface area (Å²) in [7, 11) is 1.72. The maximum Gasteiger partial charge on any atom is 0.256 e. The molecule has 3 aromatic rings. The third-order valence-corrected chi connectivity index (χ3v) is 3.34. The van der Waals surface area contributed by atoms with Crippen molar-refractivity contribution in [3.05, 3.63) is 60.4 Å². The van der Waals surface area contributed by atoms with E-state index in [9.17, 15) is 4.79 Å². The van der Waals surface area contributed by atoms with Crippen LogP contribution in [-0.2, 0) is 0 Å². The van der Waals surface area contributed by atoms with Crippen LogP contribution in [0.5, 0.6) is 0 Å². The molecule has 4 N–H and O–H groups in total. The van der Waals surface area contributed by atoms with Crippen molar-refractivity contribution in [1.29, 1.82) is 0 Å². The van der Waals surface area contributed by atoms with Gasteiger partial charge in [0.2, 0.25) is 5.95 Å². The summed E-state index contributed by atoms with van der Waals surface area (Å²) in [4.78, 5) is 25.0. The first-order chi connectivity index (χ1) is 11.7. The van der Waals surface area contributed by atoms with Gasteiger partial charge in [-0.25, -0.2) is 4.98 Å². The lowest BCUT2D eigenvalue weighted by Crippen LogP contribution is -2.14. The summed E-state index contributed by atoms with van der Waals surface area (Å²) in [5.41, 5.74) is 8.30. The molecule has 0 spiro atoms. The Morgan fingerprint density at radius 2 is 1.75 bits per heavy atom. The topological polar surface area (TPSA) is 106 Å². The molecule has 0 saturated carbocycles. The van der Waals surface area contributed by atoms with Crippen molar-refractivity contribution >= 4 is 23.4 Å². The number of nitrogens with two attached hydrogens (primary N) is 1. The summed E-state index contributed by atoms with van der Waals surface area (Å²) < 4.78 is 0. The second kappa shape index (κ2) is 6.74. The van der Waals surface area contributed by atoms with Gasteiger partial charge in [0.1, 0.15) is 5.82 Å². The molecular weight excluding hydrogens is 304 g/mol. The van der Waals surface area contributed by atoms with E-state index in [1.807, 2.05) is 12.1 Å². The highest BCUT2D eigenvalue weighted by Crippen LogP contribution is 2.21. The number of amides is 1. The Bertz CT molecular complexity index is 849. The number of nitrogens with one attached hydrogen (secondary N) is 2. The number of anilines is 3. The summed E-state index contributed by atoms with van der Waals surface area (Å²) >= 11 is 0. The van der Waals surface area contributed by atoms with Gasteiger partial charge in [-0.3, -0.25) is 9.78 Å². The number of hydrogen-bond donors (Lipinski definition) is 3. The molecule has 0 aliphatic carbocycles. The minimum Gasteiger partial charge on any atom is -0.399 e. The predicted molar refractivity (Wildman–Crippen MR) is 93.6 cm³/mol. The van der Waals surface area contributed by atoms with Crippen LogP contribution in [-0.4, -0.2) is 27.9 Å². The zero-order chi connectivity index (χ0) is 16.9. The van der Waals surface area contributed by atoms with E-state index in [1.54, 1.807) is 49.8 Å². The minimum atomic E-state index is -0.267. The van der Waals surface area contributed by atoms with Crippen LogP contribution in [0, 0.1) is 0 Å². The van der Waals surface area contributed by atoms with Crippen molar-refractivity contribution in [3.8, 4) is 11.3 Å². The van der Waals surface area contributed by atoms with E-state index in [2.05, 4.69) is 25.6 Å². The molecule has 3 rings (SSSR count). The molecule has 0 aliphatic heterocycles. The van der Waals surface area contributed by atoms with Gasteiger partial charge in [0.25, 0.3) is 5.91 Å². The molecule has 0 aliphatic rings. The van der Waals surface area contributed by atoms with Crippen LogP contribution in [0.15, 0.2) is 54.9 Å². The Hall–Kier alpha value is -3.48. The highest BCUT2D eigenvalue weighted by Gasteiger charge is 2.10. The Balaban J connectivity index is 1.90. The smallest absolute Gasteiger partial charge is 0.256 e. The molecule has 0 atom stereocenters. The fourth-order valence-corrected chi connectivity index (χ4v) is 2.12. The van der Waals surface area contributed by atoms with Crippen LogP contribution in [0.4, 0.5) is 17.5 Å². The fourth-order valence-electron chi connectivity index (χ4n) is 2.12. The monoisotopic (exact) mass is 320 g/mol. The van der Waals surface area contributed by atoms with Gasteiger partial charge in [-0.05, 0) is 36.4 Å². The van der Waals surface area contributed by atoms with E-state index in [4.69, 9.17) is 5.73 Å². The molecule has 24 heavy (non-hydrogen) atoms. The molecule has 1 amide bonds. The number of aromatic nitrogens is 3. The summed E-state index contributed by atoms with van der Waals surface area (Å²) in [5.74, 6) is 0.552. The van der Waals surface area contributed by atoms with Crippen molar-refractivity contribution in [1.82, 2.24) is 15.0 Å². The molecule has 7 nitrogen and oxygen atoms in total. The second-order valence-electron chi connectivity index (χ2n) is 5.02. The number of rotatable bonds is 4. The molecule has 0 unspecified atom stereocenters. The number of nitrogen functional groups attached to an aromatic ring is 1. The first kappa shape index (κ1) is 15.4. The van der Waals surface area contributed by atoms with Gasteiger partial charge in [-0.1, -0.05) is 0 Å². The maximum absolute atomic E-state index is 12.3. The average molecular weight is 320 g/mol. The normalized spacial score (nSPS) is 10.2. The van der Waals surface area contributed by atoms with E-state index in [1.165, 1.54) is 0 Å². The van der Waals surface area contributed by atoms with Crippen molar-refractivity contribution < 1.29 is 4.79 Å². The van der Waals surface area contributed by atoms with Gasteiger partial charge in [0.15, 0.2) is 0 Å². The number of carbonyl (C=O) groups excluding carboxylic acids is 1. The van der Waals surface area contributed by atoms with E-state index in [-0.39, 0.29) is 5.91 Å². The summed E-state index contributed by atoms with van der Waals surface area (Å²) in [5, 5.41) is 5.67. The first-order valence-electron chi connectivity index (χ1n) is 7.30. The van der Waals surface area contributed by atoms with Gasteiger partial charge >= 0.3 is 0 Å². The minimum absolute atomic E-state index is 0.267. The highest BCUT2D eigenvalue weighted by molar-refractivity contribution is 6.04. The third-order valence-electron chi connectivity index (χ3n) is 3.34. The van der Waals surface area contributed by atoms with Gasteiger partial charge in [0.05, 0.1) is 5.69 Å². The summed E-state index contributed by atoms with van der Waals surface area (Å²) in [6.45, 7) is 0. The number of pyridine rings is 1. The van der Waals surface area contributed by atoms with E-state index in [0.29, 0.717) is 28.7 Å². The van der Waals surface area contributed by atoms with Crippen molar-refractivity contribution in [2.75, 3.05) is 23.4 Å². The molecular formula is C17H16N6O. The number of benzene rings is 1. The van der Waals surface area contributed by atoms with Crippen LogP contribution < -0.4 is 16.4 Å². The summed E-state index contributed by atoms with van der Waals surface area (Å²) in [6, 6.07) is 12.1. The molecule has 7 heteroatoms. The van der Waals surface area contributed by atoms with Crippen LogP contribution in [0.3, 0.4) is 0 Å². The Morgan fingerprint density at radius 3 is 2.42 bits per heavy atom. The molecule has 2 heterocycles. The Morgan fingerprint density at radius 1 is 1.04 bits per heavy atom. The number of nitrogens with zero attached hydrogens (tertiary/aromatic N) is 3. The Labute approximate surface area is 139 Å². The van der Waals surface area contributed by atoms with E-state index >= 15 is 0 Å². The number of carbonyl (C=O) groups is 1. The standard InChI is InChI=1S/C17H16N6O/c1-19-17-21-14(11-6-8-20-9-7-11)10-15(23-17)22-16(24)12-2-4-13(18)5-3-12/h2-10H,18H2,1H3,(H2,19,21,22,23,24). The SMILES string of the molecule is CNc1nc(NC(=O)c2ccc(N)cc2)cc(-c2ccncc2)n1. The van der Waals surface area contributed by atoms with Crippen LogP contribution in [0.25, 0.3) is 11.3 Å². The van der Waals surface area contributed by atoms with Crippen molar-refractivity contribution in [3.63, 3.8) is 0 Å². The maximum atomic E-state index is 12.3. The van der Waals surface area contributed by atoms with Gasteiger partial charge < -0.3 is 16.4 Å². The zero-order valence-corrected chi connectivity index (χ0v) is 13.0. The molecule has 0 saturated heterocycles. The Kier molecular flexibility index (Phi) is 4.33. The van der Waals surface area contributed by atoms with Crippen molar-refractivity contribution in [2.45, 2.75) is 0 Å².